The zero-order chi connectivity index (χ0) is 12.5. The van der Waals surface area contributed by atoms with Crippen LogP contribution in [0.2, 0.25) is 0 Å². The average Bonchev–Trinajstić information content (AvgIpc) is 2.35. The van der Waals surface area contributed by atoms with Crippen molar-refractivity contribution in [2.45, 2.75) is 19.8 Å². The first-order valence-corrected chi connectivity index (χ1v) is 5.58. The maximum absolute atomic E-state index is 11.1. The number of nitrogens with one attached hydrogen (secondary N) is 2. The zero-order valence-corrected chi connectivity index (χ0v) is 9.90. The molecule has 0 saturated carbocycles. The van der Waals surface area contributed by atoms with E-state index in [1.165, 1.54) is 0 Å². The third kappa shape index (κ3) is 5.17. The fourth-order valence-corrected chi connectivity index (χ4v) is 1.32. The van der Waals surface area contributed by atoms with Crippen LogP contribution in [0.1, 0.15) is 19.8 Å². The number of pyridine rings is 1. The van der Waals surface area contributed by atoms with Gasteiger partial charge < -0.3 is 15.5 Å². The summed E-state index contributed by atoms with van der Waals surface area (Å²) < 4.78 is 4.83. The first-order chi connectivity index (χ1) is 8.26. The third-order valence-electron chi connectivity index (χ3n) is 2.10. The molecule has 0 aliphatic carbocycles. The van der Waals surface area contributed by atoms with Gasteiger partial charge in [0.15, 0.2) is 0 Å². The normalized spacial score (nSPS) is 9.76. The second-order valence-corrected chi connectivity index (χ2v) is 3.41. The maximum atomic E-state index is 11.1. The second-order valence-electron chi connectivity index (χ2n) is 3.41. The van der Waals surface area contributed by atoms with Crippen molar-refractivity contribution in [3.63, 3.8) is 0 Å². The van der Waals surface area contributed by atoms with Crippen LogP contribution in [-0.2, 0) is 9.53 Å². The van der Waals surface area contributed by atoms with Crippen molar-refractivity contribution in [2.24, 2.45) is 5.84 Å². The van der Waals surface area contributed by atoms with Crippen LogP contribution < -0.4 is 16.6 Å². The third-order valence-corrected chi connectivity index (χ3v) is 2.10. The minimum atomic E-state index is -0.159. The average molecular weight is 238 g/mol. The van der Waals surface area contributed by atoms with Gasteiger partial charge in [-0.05, 0) is 19.4 Å². The van der Waals surface area contributed by atoms with Gasteiger partial charge in [-0.15, -0.1) is 0 Å². The van der Waals surface area contributed by atoms with E-state index in [0.717, 1.165) is 12.1 Å². The summed E-state index contributed by atoms with van der Waals surface area (Å²) in [4.78, 5) is 15.1. The fraction of sp³-hybridized carbons (Fsp3) is 0.455. The highest BCUT2D eigenvalue weighted by atomic mass is 16.5. The molecule has 94 valence electrons. The number of nitrogens with two attached hydrogens (primary N) is 1. The molecule has 0 bridgehead atoms. The number of ether oxygens (including phenoxy) is 1. The molecule has 0 spiro atoms. The predicted octanol–water partition coefficient (Wildman–Crippen LogP) is 1.12. The molecule has 0 amide bonds. The van der Waals surface area contributed by atoms with Crippen molar-refractivity contribution in [1.29, 1.82) is 0 Å². The first-order valence-electron chi connectivity index (χ1n) is 5.58. The molecule has 0 unspecified atom stereocenters. The van der Waals surface area contributed by atoms with Crippen LogP contribution >= 0.6 is 0 Å². The van der Waals surface area contributed by atoms with Gasteiger partial charge in [-0.25, -0.2) is 10.8 Å². The van der Waals surface area contributed by atoms with E-state index < -0.39 is 0 Å². The fourth-order valence-electron chi connectivity index (χ4n) is 1.32. The Morgan fingerprint density at radius 3 is 3.12 bits per heavy atom. The molecule has 0 saturated heterocycles. The monoisotopic (exact) mass is 238 g/mol. The summed E-state index contributed by atoms with van der Waals surface area (Å²) in [5, 5.41) is 3.17. The Balaban J connectivity index is 2.24. The number of carbonyl (C=O) groups excluding carboxylic acids is 1. The van der Waals surface area contributed by atoms with Crippen LogP contribution in [0.5, 0.6) is 0 Å². The van der Waals surface area contributed by atoms with Gasteiger partial charge in [-0.3, -0.25) is 4.79 Å². The Labute approximate surface area is 101 Å². The summed E-state index contributed by atoms with van der Waals surface area (Å²) in [6.45, 7) is 2.93. The van der Waals surface area contributed by atoms with Gasteiger partial charge in [-0.2, -0.15) is 0 Å². The lowest BCUT2D eigenvalue weighted by atomic mass is 10.3. The number of aromatic nitrogens is 1. The minimum Gasteiger partial charge on any atom is -0.466 e. The molecule has 1 aromatic rings. The van der Waals surface area contributed by atoms with Crippen molar-refractivity contribution >= 4 is 17.5 Å². The summed E-state index contributed by atoms with van der Waals surface area (Å²) in [5.74, 6) is 5.68. The molecule has 0 aliphatic rings. The van der Waals surface area contributed by atoms with Gasteiger partial charge in [0.05, 0.1) is 6.61 Å². The van der Waals surface area contributed by atoms with Gasteiger partial charge in [0.1, 0.15) is 5.82 Å². The number of nitrogen functional groups attached to an aromatic ring is 1. The van der Waals surface area contributed by atoms with Crippen molar-refractivity contribution in [2.75, 3.05) is 23.9 Å². The van der Waals surface area contributed by atoms with E-state index in [0.29, 0.717) is 25.4 Å². The molecule has 0 atom stereocenters. The highest BCUT2D eigenvalue weighted by molar-refractivity contribution is 5.69. The van der Waals surface area contributed by atoms with E-state index in [2.05, 4.69) is 15.7 Å². The van der Waals surface area contributed by atoms with Crippen LogP contribution in [0.4, 0.5) is 11.5 Å². The Morgan fingerprint density at radius 2 is 2.41 bits per heavy atom. The Bertz CT molecular complexity index is 357. The van der Waals surface area contributed by atoms with E-state index in [1.54, 1.807) is 19.2 Å². The number of rotatable bonds is 7. The van der Waals surface area contributed by atoms with Crippen LogP contribution in [0.25, 0.3) is 0 Å². The molecule has 0 aromatic carbocycles. The molecule has 6 heteroatoms. The summed E-state index contributed by atoms with van der Waals surface area (Å²) in [5.41, 5.74) is 3.38. The largest absolute Gasteiger partial charge is 0.466 e. The molecule has 0 aliphatic heterocycles. The molecular weight excluding hydrogens is 220 g/mol. The minimum absolute atomic E-state index is 0.159. The van der Waals surface area contributed by atoms with E-state index in [4.69, 9.17) is 10.6 Å². The molecule has 4 N–H and O–H groups in total. The summed E-state index contributed by atoms with van der Waals surface area (Å²) in [6, 6.07) is 3.63. The number of anilines is 2. The second kappa shape index (κ2) is 7.45. The van der Waals surface area contributed by atoms with E-state index in [-0.39, 0.29) is 5.97 Å². The van der Waals surface area contributed by atoms with Crippen LogP contribution in [0.3, 0.4) is 0 Å². The van der Waals surface area contributed by atoms with E-state index in [9.17, 15) is 4.79 Å². The number of hydrogen-bond acceptors (Lipinski definition) is 6. The smallest absolute Gasteiger partial charge is 0.305 e. The number of esters is 1. The zero-order valence-electron chi connectivity index (χ0n) is 9.90. The van der Waals surface area contributed by atoms with E-state index >= 15 is 0 Å². The quantitative estimate of drug-likeness (QED) is 0.285. The van der Waals surface area contributed by atoms with Gasteiger partial charge in [0.25, 0.3) is 0 Å². The Hall–Kier alpha value is -1.82. The molecule has 1 rings (SSSR count). The summed E-state index contributed by atoms with van der Waals surface area (Å²) in [7, 11) is 0. The summed E-state index contributed by atoms with van der Waals surface area (Å²) in [6.07, 6.45) is 2.81. The highest BCUT2D eigenvalue weighted by Gasteiger charge is 2.00. The van der Waals surface area contributed by atoms with Gasteiger partial charge >= 0.3 is 5.97 Å². The first kappa shape index (κ1) is 13.2. The lowest BCUT2D eigenvalue weighted by molar-refractivity contribution is -0.143. The van der Waals surface area contributed by atoms with Gasteiger partial charge in [0.2, 0.25) is 0 Å². The van der Waals surface area contributed by atoms with Crippen molar-refractivity contribution in [3.05, 3.63) is 18.3 Å². The van der Waals surface area contributed by atoms with Crippen LogP contribution in [-0.4, -0.2) is 24.1 Å². The van der Waals surface area contributed by atoms with E-state index in [1.807, 2.05) is 6.07 Å². The molecular formula is C11H18N4O2. The predicted molar refractivity (Wildman–Crippen MR) is 66.4 cm³/mol. The summed E-state index contributed by atoms with van der Waals surface area (Å²) >= 11 is 0. The van der Waals surface area contributed by atoms with Crippen molar-refractivity contribution < 1.29 is 9.53 Å². The van der Waals surface area contributed by atoms with Crippen LogP contribution in [0, 0.1) is 0 Å². The highest BCUT2D eigenvalue weighted by Crippen LogP contribution is 2.10. The lowest BCUT2D eigenvalue weighted by Crippen LogP contribution is -2.10. The standard InChI is InChI=1S/C11H18N4O2/c1-2-17-11(16)4-3-6-13-9-5-7-14-10(8-9)15-12/h5,7-8H,2-4,6,12H2,1H3,(H2,13,14,15). The maximum Gasteiger partial charge on any atom is 0.305 e. The number of hydrogen-bond donors (Lipinski definition) is 3. The Morgan fingerprint density at radius 1 is 1.59 bits per heavy atom. The molecule has 1 heterocycles. The molecule has 1 aromatic heterocycles. The van der Waals surface area contributed by atoms with Crippen LogP contribution in [0.15, 0.2) is 18.3 Å². The molecule has 0 radical (unpaired) electrons. The topological polar surface area (TPSA) is 89.3 Å². The SMILES string of the molecule is CCOC(=O)CCCNc1ccnc(NN)c1. The number of nitrogens with zero attached hydrogens (tertiary/aromatic N) is 1. The number of carbonyl (C=O) groups is 1. The van der Waals surface area contributed by atoms with Crippen molar-refractivity contribution in [3.8, 4) is 0 Å². The Kier molecular flexibility index (Phi) is 5.81. The number of hydrazine groups is 1. The van der Waals surface area contributed by atoms with Gasteiger partial charge in [-0.1, -0.05) is 0 Å². The molecule has 6 nitrogen and oxygen atoms in total. The molecule has 17 heavy (non-hydrogen) atoms. The lowest BCUT2D eigenvalue weighted by Gasteiger charge is -2.07. The van der Waals surface area contributed by atoms with Crippen molar-refractivity contribution in [1.82, 2.24) is 4.98 Å². The van der Waals surface area contributed by atoms with Gasteiger partial charge in [0, 0.05) is 30.9 Å². The molecule has 0 fully saturated rings.